The quantitative estimate of drug-likeness (QED) is 0.272. The SMILES string of the molecule is COC[C@@H](C)n1c(C)cc(C(=O)COC(=O)Cn2nc(C)c([N+](=O)[O-])c2C)c1C. The molecule has 2 aromatic heterocycles. The van der Waals surface area contributed by atoms with Gasteiger partial charge in [0.15, 0.2) is 6.61 Å². The van der Waals surface area contributed by atoms with E-state index in [9.17, 15) is 19.7 Å². The first-order valence-electron chi connectivity index (χ1n) is 9.13. The Morgan fingerprint density at radius 1 is 1.24 bits per heavy atom. The number of carbonyl (C=O) groups is 2. The lowest BCUT2D eigenvalue weighted by Crippen LogP contribution is -2.20. The highest BCUT2D eigenvalue weighted by Gasteiger charge is 2.24. The predicted molar refractivity (Wildman–Crippen MR) is 104 cm³/mol. The number of nitro groups is 1. The minimum absolute atomic E-state index is 0.0610. The molecule has 0 amide bonds. The van der Waals surface area contributed by atoms with Gasteiger partial charge in [-0.3, -0.25) is 24.4 Å². The maximum absolute atomic E-state index is 12.5. The van der Waals surface area contributed by atoms with Crippen molar-refractivity contribution in [3.05, 3.63) is 44.5 Å². The summed E-state index contributed by atoms with van der Waals surface area (Å²) < 4.78 is 13.5. The summed E-state index contributed by atoms with van der Waals surface area (Å²) in [5, 5.41) is 15.0. The summed E-state index contributed by atoms with van der Waals surface area (Å²) in [7, 11) is 1.62. The highest BCUT2D eigenvalue weighted by Crippen LogP contribution is 2.22. The zero-order valence-electron chi connectivity index (χ0n) is 17.5. The summed E-state index contributed by atoms with van der Waals surface area (Å²) in [4.78, 5) is 35.2. The van der Waals surface area contributed by atoms with Crippen molar-refractivity contribution in [2.45, 2.75) is 47.2 Å². The third kappa shape index (κ3) is 4.70. The molecule has 2 heterocycles. The Labute approximate surface area is 168 Å². The Balaban J connectivity index is 2.05. The van der Waals surface area contributed by atoms with Crippen LogP contribution in [-0.4, -0.2) is 51.3 Å². The molecule has 0 saturated carbocycles. The largest absolute Gasteiger partial charge is 0.456 e. The van der Waals surface area contributed by atoms with E-state index in [0.717, 1.165) is 11.4 Å². The van der Waals surface area contributed by atoms with Crippen LogP contribution >= 0.6 is 0 Å². The first-order chi connectivity index (χ1) is 13.6. The molecule has 29 heavy (non-hydrogen) atoms. The van der Waals surface area contributed by atoms with Crippen molar-refractivity contribution in [2.75, 3.05) is 20.3 Å². The fourth-order valence-electron chi connectivity index (χ4n) is 3.55. The highest BCUT2D eigenvalue weighted by molar-refractivity contribution is 5.99. The molecular formula is C19H26N4O6. The zero-order chi connectivity index (χ0) is 21.9. The number of carbonyl (C=O) groups excluding carboxylic acids is 2. The van der Waals surface area contributed by atoms with E-state index in [0.29, 0.717) is 12.2 Å². The number of hydrogen-bond acceptors (Lipinski definition) is 7. The van der Waals surface area contributed by atoms with Gasteiger partial charge in [0.2, 0.25) is 5.78 Å². The molecule has 0 saturated heterocycles. The molecule has 2 rings (SSSR count). The van der Waals surface area contributed by atoms with E-state index < -0.39 is 17.5 Å². The van der Waals surface area contributed by atoms with E-state index in [1.54, 1.807) is 13.2 Å². The summed E-state index contributed by atoms with van der Waals surface area (Å²) >= 11 is 0. The number of nitrogens with zero attached hydrogens (tertiary/aromatic N) is 4. The molecule has 0 aliphatic rings. The molecule has 10 heteroatoms. The number of esters is 1. The monoisotopic (exact) mass is 406 g/mol. The topological polar surface area (TPSA) is 118 Å². The molecule has 0 radical (unpaired) electrons. The number of aryl methyl sites for hydroxylation is 2. The Hall–Kier alpha value is -3.01. The maximum Gasteiger partial charge on any atom is 0.328 e. The van der Waals surface area contributed by atoms with Crippen LogP contribution in [0.25, 0.3) is 0 Å². The van der Waals surface area contributed by atoms with Crippen LogP contribution in [0.1, 0.15) is 46.1 Å². The Morgan fingerprint density at radius 3 is 2.45 bits per heavy atom. The number of aromatic nitrogens is 3. The minimum Gasteiger partial charge on any atom is -0.456 e. The number of Topliss-reactive ketones (excluding diaryl/α,β-unsaturated/α-hetero) is 1. The van der Waals surface area contributed by atoms with E-state index >= 15 is 0 Å². The fraction of sp³-hybridized carbons (Fsp3) is 0.526. The van der Waals surface area contributed by atoms with Crippen LogP contribution in [-0.2, 0) is 20.8 Å². The Bertz CT molecular complexity index is 943. The van der Waals surface area contributed by atoms with E-state index in [4.69, 9.17) is 9.47 Å². The van der Waals surface area contributed by atoms with Gasteiger partial charge in [-0.2, -0.15) is 5.10 Å². The second kappa shape index (κ2) is 8.99. The standard InChI is InChI=1S/C19H26N4O6/c1-11-7-16(14(4)22(11)12(2)9-28-6)17(24)10-29-18(25)8-21-15(5)19(23(26)27)13(3)20-21/h7,12H,8-10H2,1-6H3/t12-/m1/s1. The third-order valence-corrected chi connectivity index (χ3v) is 4.80. The average Bonchev–Trinajstić information content (AvgIpc) is 3.08. The molecule has 0 aliphatic carbocycles. The van der Waals surface area contributed by atoms with Crippen molar-refractivity contribution in [1.82, 2.24) is 14.3 Å². The summed E-state index contributed by atoms with van der Waals surface area (Å²) in [6.07, 6.45) is 0. The molecule has 1 atom stereocenters. The molecule has 10 nitrogen and oxygen atoms in total. The van der Waals surface area contributed by atoms with Crippen molar-refractivity contribution in [1.29, 1.82) is 0 Å². The first kappa shape index (κ1) is 22.3. The Kier molecular flexibility index (Phi) is 6.91. The predicted octanol–water partition coefficient (Wildman–Crippen LogP) is 2.46. The van der Waals surface area contributed by atoms with Gasteiger partial charge in [-0.15, -0.1) is 0 Å². The number of rotatable bonds is 9. The van der Waals surface area contributed by atoms with E-state index in [-0.39, 0.29) is 35.4 Å². The van der Waals surface area contributed by atoms with Crippen molar-refractivity contribution in [3.8, 4) is 0 Å². The molecule has 2 aromatic rings. The molecule has 0 aromatic carbocycles. The lowest BCUT2D eigenvalue weighted by Gasteiger charge is -2.17. The van der Waals surface area contributed by atoms with Crippen LogP contribution in [0.4, 0.5) is 5.69 Å². The summed E-state index contributed by atoms with van der Waals surface area (Å²) in [6.45, 7) is 8.52. The number of ketones is 1. The normalized spacial score (nSPS) is 12.1. The van der Waals surface area contributed by atoms with Crippen molar-refractivity contribution in [3.63, 3.8) is 0 Å². The van der Waals surface area contributed by atoms with Crippen molar-refractivity contribution < 1.29 is 24.0 Å². The van der Waals surface area contributed by atoms with Crippen molar-refractivity contribution >= 4 is 17.4 Å². The van der Waals surface area contributed by atoms with E-state index in [1.807, 2.05) is 25.3 Å². The number of ether oxygens (including phenoxy) is 2. The summed E-state index contributed by atoms with van der Waals surface area (Å²) in [6, 6.07) is 1.83. The summed E-state index contributed by atoms with van der Waals surface area (Å²) in [5.74, 6) is -1.01. The molecule has 158 valence electrons. The van der Waals surface area contributed by atoms with Gasteiger partial charge in [-0.25, -0.2) is 0 Å². The molecule has 0 N–H and O–H groups in total. The van der Waals surface area contributed by atoms with Gasteiger partial charge in [0.1, 0.15) is 17.9 Å². The van der Waals surface area contributed by atoms with E-state index in [1.165, 1.54) is 18.5 Å². The molecular weight excluding hydrogens is 380 g/mol. The molecule has 0 fully saturated rings. The smallest absolute Gasteiger partial charge is 0.328 e. The van der Waals surface area contributed by atoms with Crippen molar-refractivity contribution in [2.24, 2.45) is 0 Å². The molecule has 0 aliphatic heterocycles. The average molecular weight is 406 g/mol. The van der Waals surface area contributed by atoms with Crippen LogP contribution in [0, 0.1) is 37.8 Å². The van der Waals surface area contributed by atoms with Gasteiger partial charge in [-0.05, 0) is 40.7 Å². The Morgan fingerprint density at radius 2 is 1.90 bits per heavy atom. The molecule has 0 spiro atoms. The second-order valence-corrected chi connectivity index (χ2v) is 6.98. The summed E-state index contributed by atoms with van der Waals surface area (Å²) in [5.41, 5.74) is 2.52. The molecule has 0 bridgehead atoms. The van der Waals surface area contributed by atoms with Gasteiger partial charge in [-0.1, -0.05) is 0 Å². The maximum atomic E-state index is 12.5. The number of methoxy groups -OCH3 is 1. The van der Waals surface area contributed by atoms with Crippen LogP contribution in [0.15, 0.2) is 6.07 Å². The third-order valence-electron chi connectivity index (χ3n) is 4.80. The van der Waals surface area contributed by atoms with Crippen LogP contribution < -0.4 is 0 Å². The lowest BCUT2D eigenvalue weighted by molar-refractivity contribution is -0.386. The minimum atomic E-state index is -0.694. The van der Waals surface area contributed by atoms with Crippen LogP contribution in [0.5, 0.6) is 0 Å². The van der Waals surface area contributed by atoms with Crippen LogP contribution in [0.2, 0.25) is 0 Å². The van der Waals surface area contributed by atoms with Crippen LogP contribution in [0.3, 0.4) is 0 Å². The van der Waals surface area contributed by atoms with Gasteiger partial charge < -0.3 is 14.0 Å². The first-order valence-corrected chi connectivity index (χ1v) is 9.13. The lowest BCUT2D eigenvalue weighted by atomic mass is 10.1. The zero-order valence-corrected chi connectivity index (χ0v) is 17.5. The highest BCUT2D eigenvalue weighted by atomic mass is 16.6. The number of hydrogen-bond donors (Lipinski definition) is 0. The fourth-order valence-corrected chi connectivity index (χ4v) is 3.55. The van der Waals surface area contributed by atoms with Gasteiger partial charge in [0.25, 0.3) is 0 Å². The van der Waals surface area contributed by atoms with Gasteiger partial charge in [0, 0.05) is 24.1 Å². The van der Waals surface area contributed by atoms with Gasteiger partial charge >= 0.3 is 11.7 Å². The molecule has 0 unspecified atom stereocenters. The van der Waals surface area contributed by atoms with Gasteiger partial charge in [0.05, 0.1) is 17.6 Å². The second-order valence-electron chi connectivity index (χ2n) is 6.98. The van der Waals surface area contributed by atoms with E-state index in [2.05, 4.69) is 5.10 Å².